The first-order valence-electron chi connectivity index (χ1n) is 8.62. The van der Waals surface area contributed by atoms with Gasteiger partial charge in [0.2, 0.25) is 11.7 Å². The van der Waals surface area contributed by atoms with Gasteiger partial charge in [0, 0.05) is 27.8 Å². The molecule has 0 spiro atoms. The molecule has 0 radical (unpaired) electrons. The van der Waals surface area contributed by atoms with Gasteiger partial charge in [0.05, 0.1) is 0 Å². The van der Waals surface area contributed by atoms with E-state index in [4.69, 9.17) is 16.1 Å². The summed E-state index contributed by atoms with van der Waals surface area (Å²) in [6.07, 6.45) is 3.41. The lowest BCUT2D eigenvalue weighted by atomic mass is 9.85. The zero-order valence-corrected chi connectivity index (χ0v) is 15.1. The fourth-order valence-corrected chi connectivity index (χ4v) is 3.08. The summed E-state index contributed by atoms with van der Waals surface area (Å²) >= 11 is 6.11. The molecule has 1 aromatic heterocycles. The lowest BCUT2D eigenvalue weighted by Gasteiger charge is -2.20. The topological polar surface area (TPSA) is 68.0 Å². The highest BCUT2D eigenvalue weighted by Crippen LogP contribution is 2.36. The quantitative estimate of drug-likeness (QED) is 0.686. The predicted molar refractivity (Wildman–Crippen MR) is 100 cm³/mol. The zero-order valence-electron chi connectivity index (χ0n) is 14.3. The molecule has 5 nitrogen and oxygen atoms in total. The Morgan fingerprint density at radius 2 is 2.04 bits per heavy atom. The second-order valence-corrected chi connectivity index (χ2v) is 6.94. The van der Waals surface area contributed by atoms with Crippen LogP contribution in [0.3, 0.4) is 0 Å². The van der Waals surface area contributed by atoms with Gasteiger partial charge in [-0.1, -0.05) is 41.4 Å². The van der Waals surface area contributed by atoms with Gasteiger partial charge >= 0.3 is 0 Å². The minimum absolute atomic E-state index is 0.208. The van der Waals surface area contributed by atoms with Crippen LogP contribution in [0.25, 0.3) is 11.4 Å². The van der Waals surface area contributed by atoms with Crippen LogP contribution in [0.1, 0.15) is 47.0 Å². The number of carbonyl (C=O) groups excluding carboxylic acids is 1. The fourth-order valence-electron chi connectivity index (χ4n) is 2.91. The Morgan fingerprint density at radius 3 is 2.81 bits per heavy atom. The molecule has 3 aromatic rings. The van der Waals surface area contributed by atoms with Crippen LogP contribution in [-0.4, -0.2) is 16.0 Å². The van der Waals surface area contributed by atoms with E-state index in [1.807, 2.05) is 31.2 Å². The average Bonchev–Trinajstić information content (AvgIpc) is 3.07. The molecule has 1 fully saturated rings. The predicted octanol–water partition coefficient (Wildman–Crippen LogP) is 5.22. The average molecular weight is 368 g/mol. The SMILES string of the molecule is Cc1c(Cl)cccc1NC(=O)c1cccc(-c2noc(C3CCC3)n2)c1. The van der Waals surface area contributed by atoms with Gasteiger partial charge in [-0.3, -0.25) is 4.79 Å². The van der Waals surface area contributed by atoms with Crippen molar-refractivity contribution in [3.05, 3.63) is 64.5 Å². The maximum absolute atomic E-state index is 12.6. The Labute approximate surface area is 156 Å². The van der Waals surface area contributed by atoms with E-state index in [-0.39, 0.29) is 5.91 Å². The van der Waals surface area contributed by atoms with Crippen LogP contribution in [0.15, 0.2) is 47.0 Å². The number of nitrogens with one attached hydrogen (secondary N) is 1. The molecular formula is C20H18ClN3O2. The molecule has 0 atom stereocenters. The van der Waals surface area contributed by atoms with E-state index in [0.717, 1.165) is 24.0 Å². The minimum atomic E-state index is -0.208. The Balaban J connectivity index is 1.56. The van der Waals surface area contributed by atoms with Crippen molar-refractivity contribution in [3.8, 4) is 11.4 Å². The Hall–Kier alpha value is -2.66. The summed E-state index contributed by atoms with van der Waals surface area (Å²) in [5, 5.41) is 7.58. The van der Waals surface area contributed by atoms with E-state index in [1.54, 1.807) is 18.2 Å². The summed E-state index contributed by atoms with van der Waals surface area (Å²) in [5.41, 5.74) is 2.81. The molecule has 0 aliphatic heterocycles. The fraction of sp³-hybridized carbons (Fsp3) is 0.250. The van der Waals surface area contributed by atoms with E-state index in [2.05, 4.69) is 15.5 Å². The molecule has 132 valence electrons. The normalized spacial score (nSPS) is 14.1. The van der Waals surface area contributed by atoms with Crippen LogP contribution in [0.2, 0.25) is 5.02 Å². The van der Waals surface area contributed by atoms with Gasteiger partial charge < -0.3 is 9.84 Å². The van der Waals surface area contributed by atoms with E-state index in [1.165, 1.54) is 6.42 Å². The first-order chi connectivity index (χ1) is 12.6. The highest BCUT2D eigenvalue weighted by Gasteiger charge is 2.25. The van der Waals surface area contributed by atoms with Gasteiger partial charge in [-0.15, -0.1) is 0 Å². The number of anilines is 1. The Morgan fingerprint density at radius 1 is 1.23 bits per heavy atom. The van der Waals surface area contributed by atoms with Gasteiger partial charge in [0.15, 0.2) is 0 Å². The molecule has 2 aromatic carbocycles. The van der Waals surface area contributed by atoms with Gasteiger partial charge in [0.1, 0.15) is 0 Å². The number of benzene rings is 2. The number of halogens is 1. The van der Waals surface area contributed by atoms with Crippen molar-refractivity contribution in [3.63, 3.8) is 0 Å². The number of amides is 1. The summed E-state index contributed by atoms with van der Waals surface area (Å²) in [5.74, 6) is 1.38. The van der Waals surface area contributed by atoms with Crippen LogP contribution in [-0.2, 0) is 0 Å². The molecule has 0 bridgehead atoms. The standard InChI is InChI=1S/C20H18ClN3O2/c1-12-16(21)9-4-10-17(12)22-19(25)15-8-3-7-14(11-15)18-23-20(26-24-18)13-5-2-6-13/h3-4,7-11,13H,2,5-6H2,1H3,(H,22,25). The summed E-state index contributed by atoms with van der Waals surface area (Å²) in [4.78, 5) is 17.1. The molecule has 1 aliphatic rings. The molecule has 26 heavy (non-hydrogen) atoms. The zero-order chi connectivity index (χ0) is 18.1. The van der Waals surface area contributed by atoms with Crippen molar-refractivity contribution in [1.29, 1.82) is 0 Å². The van der Waals surface area contributed by atoms with Crippen LogP contribution in [0, 0.1) is 6.92 Å². The Kier molecular flexibility index (Phi) is 4.47. The van der Waals surface area contributed by atoms with Crippen LogP contribution >= 0.6 is 11.6 Å². The molecule has 6 heteroatoms. The molecule has 1 saturated carbocycles. The highest BCUT2D eigenvalue weighted by atomic mass is 35.5. The third-order valence-corrected chi connectivity index (χ3v) is 5.20. The van der Waals surface area contributed by atoms with Crippen molar-refractivity contribution >= 4 is 23.2 Å². The van der Waals surface area contributed by atoms with Crippen LogP contribution in [0.4, 0.5) is 5.69 Å². The smallest absolute Gasteiger partial charge is 0.255 e. The van der Waals surface area contributed by atoms with Crippen molar-refractivity contribution in [2.45, 2.75) is 32.1 Å². The van der Waals surface area contributed by atoms with E-state index >= 15 is 0 Å². The molecule has 1 amide bonds. The number of carbonyl (C=O) groups is 1. The van der Waals surface area contributed by atoms with Gasteiger partial charge in [-0.2, -0.15) is 4.98 Å². The van der Waals surface area contributed by atoms with Crippen molar-refractivity contribution in [1.82, 2.24) is 10.1 Å². The first kappa shape index (κ1) is 16.8. The Bertz CT molecular complexity index is 963. The monoisotopic (exact) mass is 367 g/mol. The number of nitrogens with zero attached hydrogens (tertiary/aromatic N) is 2. The molecule has 0 saturated heterocycles. The lowest BCUT2D eigenvalue weighted by molar-refractivity contribution is 0.102. The molecule has 4 rings (SSSR count). The number of aromatic nitrogens is 2. The summed E-state index contributed by atoms with van der Waals surface area (Å²) in [6, 6.07) is 12.6. The summed E-state index contributed by atoms with van der Waals surface area (Å²) < 4.78 is 5.37. The highest BCUT2D eigenvalue weighted by molar-refractivity contribution is 6.31. The summed E-state index contributed by atoms with van der Waals surface area (Å²) in [6.45, 7) is 1.87. The first-order valence-corrected chi connectivity index (χ1v) is 9.00. The summed E-state index contributed by atoms with van der Waals surface area (Å²) in [7, 11) is 0. The molecule has 0 unspecified atom stereocenters. The maximum atomic E-state index is 12.6. The maximum Gasteiger partial charge on any atom is 0.255 e. The van der Waals surface area contributed by atoms with Crippen molar-refractivity contribution < 1.29 is 9.32 Å². The third kappa shape index (κ3) is 3.22. The lowest BCUT2D eigenvalue weighted by Crippen LogP contribution is -2.13. The molecule has 1 heterocycles. The van der Waals surface area contributed by atoms with Gasteiger partial charge in [-0.05, 0) is 49.6 Å². The number of hydrogen-bond donors (Lipinski definition) is 1. The molecule has 1 N–H and O–H groups in total. The van der Waals surface area contributed by atoms with E-state index in [9.17, 15) is 4.79 Å². The van der Waals surface area contributed by atoms with Crippen LogP contribution in [0.5, 0.6) is 0 Å². The molecule has 1 aliphatic carbocycles. The van der Waals surface area contributed by atoms with E-state index < -0.39 is 0 Å². The number of hydrogen-bond acceptors (Lipinski definition) is 4. The van der Waals surface area contributed by atoms with Gasteiger partial charge in [0.25, 0.3) is 5.91 Å². The second-order valence-electron chi connectivity index (χ2n) is 6.53. The second kappa shape index (κ2) is 6.92. The minimum Gasteiger partial charge on any atom is -0.339 e. The molecular weight excluding hydrogens is 350 g/mol. The van der Waals surface area contributed by atoms with Crippen molar-refractivity contribution in [2.24, 2.45) is 0 Å². The van der Waals surface area contributed by atoms with E-state index in [0.29, 0.717) is 33.9 Å². The van der Waals surface area contributed by atoms with Crippen LogP contribution < -0.4 is 5.32 Å². The third-order valence-electron chi connectivity index (χ3n) is 4.80. The van der Waals surface area contributed by atoms with Gasteiger partial charge in [-0.25, -0.2) is 0 Å². The number of rotatable bonds is 4. The van der Waals surface area contributed by atoms with Crippen molar-refractivity contribution in [2.75, 3.05) is 5.32 Å². The largest absolute Gasteiger partial charge is 0.339 e.